The van der Waals surface area contributed by atoms with E-state index in [-0.39, 0.29) is 0 Å². The van der Waals surface area contributed by atoms with Crippen LogP contribution in [-0.4, -0.2) is 19.6 Å². The van der Waals surface area contributed by atoms with Gasteiger partial charge in [0, 0.05) is 24.7 Å². The van der Waals surface area contributed by atoms with E-state index in [0.717, 1.165) is 19.6 Å². The Kier molecular flexibility index (Phi) is 2.96. The topological polar surface area (TPSA) is 29.3 Å². The van der Waals surface area contributed by atoms with Gasteiger partial charge < -0.3 is 10.6 Å². The number of para-hydroxylation sites is 1. The van der Waals surface area contributed by atoms with Crippen LogP contribution in [0.15, 0.2) is 24.3 Å². The molecule has 1 aromatic rings. The minimum atomic E-state index is 0.572. The monoisotopic (exact) mass is 204 g/mol. The molecule has 1 aliphatic heterocycles. The van der Waals surface area contributed by atoms with Gasteiger partial charge in [0.25, 0.3) is 0 Å². The molecule has 1 aliphatic rings. The van der Waals surface area contributed by atoms with Crippen molar-refractivity contribution in [1.29, 1.82) is 0 Å². The highest BCUT2D eigenvalue weighted by atomic mass is 15.1. The van der Waals surface area contributed by atoms with Crippen molar-refractivity contribution in [3.05, 3.63) is 29.8 Å². The van der Waals surface area contributed by atoms with Crippen LogP contribution in [0.3, 0.4) is 0 Å². The normalized spacial score (nSPS) is 21.5. The molecule has 0 bridgehead atoms. The predicted octanol–water partition coefficient (Wildman–Crippen LogP) is 2.20. The Morgan fingerprint density at radius 3 is 2.87 bits per heavy atom. The summed E-state index contributed by atoms with van der Waals surface area (Å²) in [4.78, 5) is 2.45. The van der Waals surface area contributed by atoms with E-state index < -0.39 is 0 Å². The van der Waals surface area contributed by atoms with E-state index >= 15 is 0 Å². The molecular weight excluding hydrogens is 184 g/mol. The van der Waals surface area contributed by atoms with E-state index in [9.17, 15) is 0 Å². The molecule has 0 aromatic heterocycles. The van der Waals surface area contributed by atoms with Gasteiger partial charge in [-0.15, -0.1) is 0 Å². The first-order valence-electron chi connectivity index (χ1n) is 5.81. The van der Waals surface area contributed by atoms with Crippen molar-refractivity contribution in [1.82, 2.24) is 0 Å². The first kappa shape index (κ1) is 10.5. The molecule has 0 spiro atoms. The van der Waals surface area contributed by atoms with Crippen molar-refractivity contribution in [3.63, 3.8) is 0 Å². The molecule has 1 aromatic carbocycles. The third-order valence-corrected chi connectivity index (χ3v) is 3.53. The molecule has 1 heterocycles. The fourth-order valence-corrected chi connectivity index (χ4v) is 2.47. The SMILES string of the molecule is CCN1CC(C(C)CN)c2ccccc21. The van der Waals surface area contributed by atoms with Crippen LogP contribution in [-0.2, 0) is 0 Å². The van der Waals surface area contributed by atoms with Crippen molar-refractivity contribution in [3.8, 4) is 0 Å². The third kappa shape index (κ3) is 1.74. The molecule has 2 atom stereocenters. The van der Waals surface area contributed by atoms with E-state index in [1.54, 1.807) is 0 Å². The van der Waals surface area contributed by atoms with Gasteiger partial charge >= 0.3 is 0 Å². The lowest BCUT2D eigenvalue weighted by Gasteiger charge is -2.20. The summed E-state index contributed by atoms with van der Waals surface area (Å²) in [5.74, 6) is 1.19. The zero-order chi connectivity index (χ0) is 10.8. The molecule has 0 radical (unpaired) electrons. The maximum Gasteiger partial charge on any atom is 0.0402 e. The summed E-state index contributed by atoms with van der Waals surface area (Å²) < 4.78 is 0. The molecular formula is C13H20N2. The van der Waals surface area contributed by atoms with E-state index in [4.69, 9.17) is 5.73 Å². The number of hydrogen-bond donors (Lipinski definition) is 1. The minimum Gasteiger partial charge on any atom is -0.371 e. The first-order chi connectivity index (χ1) is 7.27. The molecule has 0 fully saturated rings. The van der Waals surface area contributed by atoms with Gasteiger partial charge in [0.1, 0.15) is 0 Å². The van der Waals surface area contributed by atoms with Crippen LogP contribution in [0, 0.1) is 5.92 Å². The Morgan fingerprint density at radius 1 is 1.47 bits per heavy atom. The second-order valence-electron chi connectivity index (χ2n) is 4.42. The highest BCUT2D eigenvalue weighted by Crippen LogP contribution is 2.39. The number of hydrogen-bond acceptors (Lipinski definition) is 2. The van der Waals surface area contributed by atoms with Gasteiger partial charge in [-0.1, -0.05) is 25.1 Å². The molecule has 15 heavy (non-hydrogen) atoms. The van der Waals surface area contributed by atoms with Crippen LogP contribution in [0.25, 0.3) is 0 Å². The second kappa shape index (κ2) is 4.23. The van der Waals surface area contributed by atoms with E-state index in [0.29, 0.717) is 11.8 Å². The fourth-order valence-electron chi connectivity index (χ4n) is 2.47. The lowest BCUT2D eigenvalue weighted by Crippen LogP contribution is -2.26. The molecule has 0 saturated carbocycles. The van der Waals surface area contributed by atoms with Crippen molar-refractivity contribution in [2.24, 2.45) is 11.7 Å². The molecule has 2 unspecified atom stereocenters. The summed E-state index contributed by atoms with van der Waals surface area (Å²) >= 11 is 0. The van der Waals surface area contributed by atoms with Gasteiger partial charge in [0.2, 0.25) is 0 Å². The second-order valence-corrected chi connectivity index (χ2v) is 4.42. The van der Waals surface area contributed by atoms with Gasteiger partial charge in [-0.3, -0.25) is 0 Å². The third-order valence-electron chi connectivity index (χ3n) is 3.53. The summed E-state index contributed by atoms with van der Waals surface area (Å²) in [5, 5.41) is 0. The maximum absolute atomic E-state index is 5.78. The highest BCUT2D eigenvalue weighted by Gasteiger charge is 2.30. The van der Waals surface area contributed by atoms with E-state index in [1.165, 1.54) is 11.3 Å². The highest BCUT2D eigenvalue weighted by molar-refractivity contribution is 5.60. The maximum atomic E-state index is 5.78. The summed E-state index contributed by atoms with van der Waals surface area (Å²) in [6, 6.07) is 8.73. The number of nitrogens with zero attached hydrogens (tertiary/aromatic N) is 1. The van der Waals surface area contributed by atoms with Gasteiger partial charge in [0.05, 0.1) is 0 Å². The Hall–Kier alpha value is -1.02. The Balaban J connectivity index is 2.33. The van der Waals surface area contributed by atoms with Crippen LogP contribution >= 0.6 is 0 Å². The van der Waals surface area contributed by atoms with Crippen LogP contribution in [0.5, 0.6) is 0 Å². The Bertz CT molecular complexity index is 335. The summed E-state index contributed by atoms with van der Waals surface area (Å²) in [6.45, 7) is 7.46. The van der Waals surface area contributed by atoms with Crippen molar-refractivity contribution < 1.29 is 0 Å². The molecule has 2 rings (SSSR count). The van der Waals surface area contributed by atoms with Crippen molar-refractivity contribution in [2.75, 3.05) is 24.5 Å². The predicted molar refractivity (Wildman–Crippen MR) is 65.3 cm³/mol. The zero-order valence-electron chi connectivity index (χ0n) is 9.61. The number of fused-ring (bicyclic) bond motifs is 1. The first-order valence-corrected chi connectivity index (χ1v) is 5.81. The summed E-state index contributed by atoms with van der Waals surface area (Å²) in [6.07, 6.45) is 0. The summed E-state index contributed by atoms with van der Waals surface area (Å²) in [5.41, 5.74) is 8.67. The molecule has 2 nitrogen and oxygen atoms in total. The van der Waals surface area contributed by atoms with Gasteiger partial charge in [-0.05, 0) is 31.0 Å². The molecule has 0 saturated heterocycles. The van der Waals surface area contributed by atoms with Crippen LogP contribution in [0.4, 0.5) is 5.69 Å². The molecule has 2 N–H and O–H groups in total. The largest absolute Gasteiger partial charge is 0.371 e. The van der Waals surface area contributed by atoms with Crippen molar-refractivity contribution in [2.45, 2.75) is 19.8 Å². The van der Waals surface area contributed by atoms with Crippen LogP contribution < -0.4 is 10.6 Å². The Morgan fingerprint density at radius 2 is 2.20 bits per heavy atom. The van der Waals surface area contributed by atoms with Crippen LogP contribution in [0.1, 0.15) is 25.3 Å². The summed E-state index contributed by atoms with van der Waals surface area (Å²) in [7, 11) is 0. The van der Waals surface area contributed by atoms with Crippen LogP contribution in [0.2, 0.25) is 0 Å². The number of benzene rings is 1. The number of nitrogens with two attached hydrogens (primary N) is 1. The Labute approximate surface area is 92.1 Å². The van der Waals surface area contributed by atoms with Crippen molar-refractivity contribution >= 4 is 5.69 Å². The minimum absolute atomic E-state index is 0.572. The van der Waals surface area contributed by atoms with E-state index in [1.807, 2.05) is 0 Å². The average Bonchev–Trinajstić information content (AvgIpc) is 2.67. The number of anilines is 1. The number of likely N-dealkylation sites (N-methyl/N-ethyl adjacent to an activating group) is 1. The fraction of sp³-hybridized carbons (Fsp3) is 0.538. The molecule has 0 amide bonds. The lowest BCUT2D eigenvalue weighted by molar-refractivity contribution is 0.484. The smallest absolute Gasteiger partial charge is 0.0402 e. The molecule has 82 valence electrons. The van der Waals surface area contributed by atoms with Gasteiger partial charge in [-0.25, -0.2) is 0 Å². The lowest BCUT2D eigenvalue weighted by atomic mass is 9.89. The molecule has 2 heteroatoms. The van der Waals surface area contributed by atoms with Gasteiger partial charge in [0.15, 0.2) is 0 Å². The number of rotatable bonds is 3. The standard InChI is InChI=1S/C13H20N2/c1-3-15-9-12(10(2)8-14)11-6-4-5-7-13(11)15/h4-7,10,12H,3,8-9,14H2,1-2H3. The average molecular weight is 204 g/mol. The molecule has 0 aliphatic carbocycles. The zero-order valence-corrected chi connectivity index (χ0v) is 9.61. The van der Waals surface area contributed by atoms with Gasteiger partial charge in [-0.2, -0.15) is 0 Å². The quantitative estimate of drug-likeness (QED) is 0.818. The van der Waals surface area contributed by atoms with E-state index in [2.05, 4.69) is 43.0 Å².